The summed E-state index contributed by atoms with van der Waals surface area (Å²) in [6.45, 7) is 9.22. The molecule has 0 atom stereocenters. The van der Waals surface area contributed by atoms with Crippen LogP contribution in [-0.4, -0.2) is 13.2 Å². The molecule has 0 amide bonds. The van der Waals surface area contributed by atoms with Crippen LogP contribution in [0.2, 0.25) is 0 Å². The molecule has 0 aromatic heterocycles. The average molecular weight is 221 g/mol. The van der Waals surface area contributed by atoms with E-state index in [1.54, 1.807) is 0 Å². The summed E-state index contributed by atoms with van der Waals surface area (Å²) in [5.41, 5.74) is 1.24. The maximum atomic E-state index is 5.81. The Kier molecular flexibility index (Phi) is 5.94. The fraction of sp³-hybridized carbons (Fsp3) is 0.571. The van der Waals surface area contributed by atoms with Gasteiger partial charge in [0.1, 0.15) is 5.75 Å². The lowest BCUT2D eigenvalue weighted by atomic mass is 10.1. The highest BCUT2D eigenvalue weighted by Gasteiger charge is 2.02. The van der Waals surface area contributed by atoms with Gasteiger partial charge in [-0.05, 0) is 24.9 Å². The number of rotatable bonds is 7. The van der Waals surface area contributed by atoms with Gasteiger partial charge in [-0.25, -0.2) is 0 Å². The Morgan fingerprint density at radius 3 is 2.69 bits per heavy atom. The van der Waals surface area contributed by atoms with Crippen LogP contribution >= 0.6 is 0 Å². The minimum absolute atomic E-state index is 0.695. The standard InChI is InChI=1S/C14H23NO/c1-4-15-11-13-7-5-6-8-14(13)16-10-9-12(2)3/h5-8,12,15H,4,9-11H2,1-3H3. The van der Waals surface area contributed by atoms with Crippen molar-refractivity contribution in [2.75, 3.05) is 13.2 Å². The van der Waals surface area contributed by atoms with Crippen LogP contribution in [0.1, 0.15) is 32.8 Å². The highest BCUT2D eigenvalue weighted by Crippen LogP contribution is 2.18. The van der Waals surface area contributed by atoms with E-state index in [-0.39, 0.29) is 0 Å². The predicted octanol–water partition coefficient (Wildman–Crippen LogP) is 3.22. The predicted molar refractivity (Wildman–Crippen MR) is 68.8 cm³/mol. The summed E-state index contributed by atoms with van der Waals surface area (Å²) < 4.78 is 5.81. The van der Waals surface area contributed by atoms with Crippen LogP contribution in [-0.2, 0) is 6.54 Å². The number of nitrogens with one attached hydrogen (secondary N) is 1. The second-order valence-corrected chi connectivity index (χ2v) is 4.42. The maximum Gasteiger partial charge on any atom is 0.123 e. The number of para-hydroxylation sites is 1. The lowest BCUT2D eigenvalue weighted by Crippen LogP contribution is -2.13. The van der Waals surface area contributed by atoms with Crippen molar-refractivity contribution >= 4 is 0 Å². The second-order valence-electron chi connectivity index (χ2n) is 4.42. The highest BCUT2D eigenvalue weighted by molar-refractivity contribution is 5.33. The van der Waals surface area contributed by atoms with Crippen molar-refractivity contribution in [3.63, 3.8) is 0 Å². The molecule has 1 aromatic rings. The Bertz CT molecular complexity index is 297. The van der Waals surface area contributed by atoms with Crippen molar-refractivity contribution in [3.05, 3.63) is 29.8 Å². The molecule has 90 valence electrons. The molecule has 0 heterocycles. The molecule has 1 rings (SSSR count). The maximum absolute atomic E-state index is 5.81. The zero-order valence-corrected chi connectivity index (χ0v) is 10.6. The van der Waals surface area contributed by atoms with Gasteiger partial charge in [0.15, 0.2) is 0 Å². The molecular formula is C14H23NO. The van der Waals surface area contributed by atoms with Crippen LogP contribution in [0.15, 0.2) is 24.3 Å². The first-order chi connectivity index (χ1) is 7.74. The average Bonchev–Trinajstić information content (AvgIpc) is 2.27. The van der Waals surface area contributed by atoms with Gasteiger partial charge in [0.05, 0.1) is 6.61 Å². The summed E-state index contributed by atoms with van der Waals surface area (Å²) in [5, 5.41) is 3.32. The normalized spacial score (nSPS) is 10.8. The molecule has 1 aromatic carbocycles. The van der Waals surface area contributed by atoms with E-state index in [1.165, 1.54) is 5.56 Å². The third-order valence-electron chi connectivity index (χ3n) is 2.49. The van der Waals surface area contributed by atoms with Gasteiger partial charge in [0.2, 0.25) is 0 Å². The zero-order valence-electron chi connectivity index (χ0n) is 10.6. The van der Waals surface area contributed by atoms with Gasteiger partial charge in [0, 0.05) is 12.1 Å². The van der Waals surface area contributed by atoms with Crippen LogP contribution in [0, 0.1) is 5.92 Å². The van der Waals surface area contributed by atoms with E-state index < -0.39 is 0 Å². The number of hydrogen-bond acceptors (Lipinski definition) is 2. The number of ether oxygens (including phenoxy) is 1. The molecule has 0 radical (unpaired) electrons. The van der Waals surface area contributed by atoms with E-state index in [2.05, 4.69) is 38.2 Å². The first-order valence-corrected chi connectivity index (χ1v) is 6.15. The Balaban J connectivity index is 2.49. The number of hydrogen-bond donors (Lipinski definition) is 1. The molecule has 0 aliphatic heterocycles. The van der Waals surface area contributed by atoms with Crippen molar-refractivity contribution in [1.29, 1.82) is 0 Å². The zero-order chi connectivity index (χ0) is 11.8. The molecule has 0 saturated carbocycles. The van der Waals surface area contributed by atoms with Gasteiger partial charge in [0.25, 0.3) is 0 Å². The Morgan fingerprint density at radius 1 is 1.25 bits per heavy atom. The van der Waals surface area contributed by atoms with E-state index in [9.17, 15) is 0 Å². The van der Waals surface area contributed by atoms with Crippen molar-refractivity contribution in [3.8, 4) is 5.75 Å². The van der Waals surface area contributed by atoms with Crippen LogP contribution < -0.4 is 10.1 Å². The molecule has 0 aliphatic rings. The topological polar surface area (TPSA) is 21.3 Å². The molecule has 0 bridgehead atoms. The number of benzene rings is 1. The van der Waals surface area contributed by atoms with Gasteiger partial charge in [-0.3, -0.25) is 0 Å². The fourth-order valence-electron chi connectivity index (χ4n) is 1.45. The van der Waals surface area contributed by atoms with E-state index in [1.807, 2.05) is 12.1 Å². The smallest absolute Gasteiger partial charge is 0.123 e. The summed E-state index contributed by atoms with van der Waals surface area (Å²) in [7, 11) is 0. The molecule has 0 aliphatic carbocycles. The lowest BCUT2D eigenvalue weighted by molar-refractivity contribution is 0.286. The minimum Gasteiger partial charge on any atom is -0.493 e. The molecule has 2 heteroatoms. The molecule has 0 spiro atoms. The second kappa shape index (κ2) is 7.29. The molecule has 1 N–H and O–H groups in total. The van der Waals surface area contributed by atoms with Crippen molar-refractivity contribution in [2.24, 2.45) is 5.92 Å². The molecule has 16 heavy (non-hydrogen) atoms. The van der Waals surface area contributed by atoms with Crippen LogP contribution in [0.5, 0.6) is 5.75 Å². The van der Waals surface area contributed by atoms with Crippen LogP contribution in [0.4, 0.5) is 0 Å². The third-order valence-corrected chi connectivity index (χ3v) is 2.49. The van der Waals surface area contributed by atoms with E-state index >= 15 is 0 Å². The van der Waals surface area contributed by atoms with Gasteiger partial charge in [-0.1, -0.05) is 39.0 Å². The van der Waals surface area contributed by atoms with Crippen LogP contribution in [0.25, 0.3) is 0 Å². The Hall–Kier alpha value is -1.02. The van der Waals surface area contributed by atoms with E-state index in [0.717, 1.165) is 31.9 Å². The van der Waals surface area contributed by atoms with Gasteiger partial charge >= 0.3 is 0 Å². The first kappa shape index (κ1) is 13.0. The summed E-state index contributed by atoms with van der Waals surface area (Å²) >= 11 is 0. The minimum atomic E-state index is 0.695. The van der Waals surface area contributed by atoms with Gasteiger partial charge in [-0.2, -0.15) is 0 Å². The third kappa shape index (κ3) is 4.67. The summed E-state index contributed by atoms with van der Waals surface area (Å²) in [6.07, 6.45) is 1.11. The van der Waals surface area contributed by atoms with Crippen molar-refractivity contribution in [2.45, 2.75) is 33.7 Å². The fourth-order valence-corrected chi connectivity index (χ4v) is 1.45. The van der Waals surface area contributed by atoms with Gasteiger partial charge in [-0.15, -0.1) is 0 Å². The molecule has 0 saturated heterocycles. The molecular weight excluding hydrogens is 198 g/mol. The molecule has 2 nitrogen and oxygen atoms in total. The summed E-state index contributed by atoms with van der Waals surface area (Å²) in [4.78, 5) is 0. The van der Waals surface area contributed by atoms with E-state index in [0.29, 0.717) is 5.92 Å². The molecule has 0 unspecified atom stereocenters. The lowest BCUT2D eigenvalue weighted by Gasteiger charge is -2.12. The summed E-state index contributed by atoms with van der Waals surface area (Å²) in [6, 6.07) is 8.25. The van der Waals surface area contributed by atoms with E-state index in [4.69, 9.17) is 4.74 Å². The quantitative estimate of drug-likeness (QED) is 0.763. The monoisotopic (exact) mass is 221 g/mol. The highest BCUT2D eigenvalue weighted by atomic mass is 16.5. The van der Waals surface area contributed by atoms with Gasteiger partial charge < -0.3 is 10.1 Å². The SMILES string of the molecule is CCNCc1ccccc1OCCC(C)C. The van der Waals surface area contributed by atoms with Crippen LogP contribution in [0.3, 0.4) is 0 Å². The van der Waals surface area contributed by atoms with Crippen molar-refractivity contribution < 1.29 is 4.74 Å². The van der Waals surface area contributed by atoms with Crippen molar-refractivity contribution in [1.82, 2.24) is 5.32 Å². The summed E-state index contributed by atoms with van der Waals surface area (Å²) in [5.74, 6) is 1.71. The first-order valence-electron chi connectivity index (χ1n) is 6.15. The Labute approximate surface area is 99.0 Å². The Morgan fingerprint density at radius 2 is 2.00 bits per heavy atom. The largest absolute Gasteiger partial charge is 0.493 e. The molecule has 0 fully saturated rings.